The van der Waals surface area contributed by atoms with E-state index < -0.39 is 0 Å². The van der Waals surface area contributed by atoms with Crippen LogP contribution in [-0.2, 0) is 4.74 Å². The highest BCUT2D eigenvalue weighted by molar-refractivity contribution is 5.74. The SMILES string of the molecule is COCC(NC(=O)N1CCC(c2cnc[nH]2)CC1)c1ccc(C)o1. The number of hydrogen-bond donors (Lipinski definition) is 2. The number of rotatable bonds is 5. The second kappa shape index (κ2) is 7.53. The molecule has 1 unspecified atom stereocenters. The van der Waals surface area contributed by atoms with Crippen molar-refractivity contribution in [2.45, 2.75) is 31.7 Å². The van der Waals surface area contributed by atoms with Crippen molar-refractivity contribution in [1.82, 2.24) is 20.2 Å². The van der Waals surface area contributed by atoms with Gasteiger partial charge in [-0.1, -0.05) is 0 Å². The van der Waals surface area contributed by atoms with Gasteiger partial charge in [0.1, 0.15) is 17.6 Å². The number of nitrogens with one attached hydrogen (secondary N) is 2. The van der Waals surface area contributed by atoms with E-state index in [1.54, 1.807) is 13.4 Å². The highest BCUT2D eigenvalue weighted by Crippen LogP contribution is 2.26. The summed E-state index contributed by atoms with van der Waals surface area (Å²) in [7, 11) is 1.62. The molecule has 3 heterocycles. The molecule has 1 aliphatic heterocycles. The van der Waals surface area contributed by atoms with E-state index in [0.717, 1.165) is 43.1 Å². The molecule has 1 saturated heterocycles. The molecular weight excluding hydrogens is 308 g/mol. The maximum Gasteiger partial charge on any atom is 0.318 e. The molecule has 2 aromatic heterocycles. The van der Waals surface area contributed by atoms with E-state index in [-0.39, 0.29) is 12.1 Å². The number of nitrogens with zero attached hydrogens (tertiary/aromatic N) is 2. The number of imidazole rings is 1. The van der Waals surface area contributed by atoms with Crippen molar-refractivity contribution in [3.8, 4) is 0 Å². The number of aromatic nitrogens is 2. The van der Waals surface area contributed by atoms with Gasteiger partial charge in [-0.15, -0.1) is 0 Å². The third kappa shape index (κ3) is 3.79. The zero-order chi connectivity index (χ0) is 16.9. The molecule has 2 N–H and O–H groups in total. The van der Waals surface area contributed by atoms with Gasteiger partial charge in [0, 0.05) is 38.0 Å². The Morgan fingerprint density at radius 3 is 2.88 bits per heavy atom. The van der Waals surface area contributed by atoms with Gasteiger partial charge in [-0.2, -0.15) is 0 Å². The number of carbonyl (C=O) groups is 1. The molecule has 0 aromatic carbocycles. The number of hydrogen-bond acceptors (Lipinski definition) is 4. The van der Waals surface area contributed by atoms with Crippen molar-refractivity contribution >= 4 is 6.03 Å². The molecule has 0 bridgehead atoms. The summed E-state index contributed by atoms with van der Waals surface area (Å²) in [5, 5.41) is 3.01. The fourth-order valence-electron chi connectivity index (χ4n) is 3.13. The molecule has 7 heteroatoms. The van der Waals surface area contributed by atoms with E-state index in [1.807, 2.05) is 30.2 Å². The normalized spacial score (nSPS) is 17.0. The maximum absolute atomic E-state index is 12.6. The molecule has 1 atom stereocenters. The summed E-state index contributed by atoms with van der Waals surface area (Å²) in [6.45, 7) is 3.72. The van der Waals surface area contributed by atoms with Crippen molar-refractivity contribution < 1.29 is 13.9 Å². The van der Waals surface area contributed by atoms with E-state index >= 15 is 0 Å². The maximum atomic E-state index is 12.6. The summed E-state index contributed by atoms with van der Waals surface area (Å²) in [5.74, 6) is 1.98. The third-order valence-corrected chi connectivity index (χ3v) is 4.48. The summed E-state index contributed by atoms with van der Waals surface area (Å²) in [5.41, 5.74) is 1.15. The van der Waals surface area contributed by atoms with Crippen molar-refractivity contribution in [3.63, 3.8) is 0 Å². The van der Waals surface area contributed by atoms with Crippen LogP contribution in [0.4, 0.5) is 4.79 Å². The summed E-state index contributed by atoms with van der Waals surface area (Å²) < 4.78 is 10.8. The Bertz CT molecular complexity index is 645. The van der Waals surface area contributed by atoms with Gasteiger partial charge in [0.25, 0.3) is 0 Å². The van der Waals surface area contributed by atoms with Gasteiger partial charge in [0.05, 0.1) is 12.9 Å². The van der Waals surface area contributed by atoms with E-state index in [9.17, 15) is 4.79 Å². The number of amides is 2. The quantitative estimate of drug-likeness (QED) is 0.881. The van der Waals surface area contributed by atoms with Crippen LogP contribution in [0.1, 0.15) is 42.0 Å². The van der Waals surface area contributed by atoms with E-state index in [1.165, 1.54) is 0 Å². The number of ether oxygens (including phenoxy) is 1. The second-order valence-corrected chi connectivity index (χ2v) is 6.17. The Hall–Kier alpha value is -2.28. The summed E-state index contributed by atoms with van der Waals surface area (Å²) in [6.07, 6.45) is 5.44. The minimum absolute atomic E-state index is 0.0748. The molecule has 0 aliphatic carbocycles. The molecule has 3 rings (SSSR count). The van der Waals surface area contributed by atoms with Gasteiger partial charge in [0.2, 0.25) is 0 Å². The van der Waals surface area contributed by atoms with Crippen LogP contribution in [0.5, 0.6) is 0 Å². The highest BCUT2D eigenvalue weighted by atomic mass is 16.5. The standard InChI is InChI=1S/C17H24N4O3/c1-12-3-4-16(24-12)15(10-23-2)20-17(22)21-7-5-13(6-8-21)14-9-18-11-19-14/h3-4,9,11,13,15H,5-8,10H2,1-2H3,(H,18,19)(H,20,22). The van der Waals surface area contributed by atoms with Crippen LogP contribution in [0.25, 0.3) is 0 Å². The average Bonchev–Trinajstić information content (AvgIpc) is 3.26. The average molecular weight is 332 g/mol. The molecule has 1 aliphatic rings. The van der Waals surface area contributed by atoms with Gasteiger partial charge >= 0.3 is 6.03 Å². The molecule has 2 aromatic rings. The number of H-pyrrole nitrogens is 1. The lowest BCUT2D eigenvalue weighted by atomic mass is 9.94. The molecule has 0 radical (unpaired) electrons. The molecular formula is C17H24N4O3. The summed E-state index contributed by atoms with van der Waals surface area (Å²) in [4.78, 5) is 21.6. The molecule has 0 spiro atoms. The van der Waals surface area contributed by atoms with Crippen LogP contribution in [-0.4, -0.2) is 47.7 Å². The van der Waals surface area contributed by atoms with Crippen LogP contribution in [0.3, 0.4) is 0 Å². The minimum Gasteiger partial charge on any atom is -0.464 e. The summed E-state index contributed by atoms with van der Waals surface area (Å²) >= 11 is 0. The first-order chi connectivity index (χ1) is 11.7. The Labute approximate surface area is 141 Å². The fraction of sp³-hybridized carbons (Fsp3) is 0.529. The molecule has 2 amide bonds. The highest BCUT2D eigenvalue weighted by Gasteiger charge is 2.27. The van der Waals surface area contributed by atoms with Crippen LogP contribution < -0.4 is 5.32 Å². The monoisotopic (exact) mass is 332 g/mol. The Morgan fingerprint density at radius 2 is 2.29 bits per heavy atom. The number of likely N-dealkylation sites (tertiary alicyclic amines) is 1. The molecule has 130 valence electrons. The summed E-state index contributed by atoms with van der Waals surface area (Å²) in [6, 6.07) is 3.42. The lowest BCUT2D eigenvalue weighted by Crippen LogP contribution is -2.46. The number of methoxy groups -OCH3 is 1. The number of aryl methyl sites for hydroxylation is 1. The number of aromatic amines is 1. The Balaban J connectivity index is 1.56. The predicted molar refractivity (Wildman–Crippen MR) is 88.7 cm³/mol. The van der Waals surface area contributed by atoms with E-state index in [4.69, 9.17) is 9.15 Å². The van der Waals surface area contributed by atoms with E-state index in [0.29, 0.717) is 12.5 Å². The molecule has 1 fully saturated rings. The first-order valence-electron chi connectivity index (χ1n) is 8.26. The van der Waals surface area contributed by atoms with Gasteiger partial charge < -0.3 is 24.4 Å². The van der Waals surface area contributed by atoms with Gasteiger partial charge in [0.15, 0.2) is 0 Å². The van der Waals surface area contributed by atoms with Crippen molar-refractivity contribution in [2.24, 2.45) is 0 Å². The van der Waals surface area contributed by atoms with Gasteiger partial charge in [-0.3, -0.25) is 0 Å². The van der Waals surface area contributed by atoms with Crippen molar-refractivity contribution in [1.29, 1.82) is 0 Å². The van der Waals surface area contributed by atoms with Crippen LogP contribution in [0.2, 0.25) is 0 Å². The minimum atomic E-state index is -0.276. The van der Waals surface area contributed by atoms with Crippen LogP contribution >= 0.6 is 0 Å². The zero-order valence-corrected chi connectivity index (χ0v) is 14.1. The Morgan fingerprint density at radius 1 is 1.50 bits per heavy atom. The number of piperidine rings is 1. The number of carbonyl (C=O) groups excluding carboxylic acids is 1. The van der Waals surface area contributed by atoms with Crippen molar-refractivity contribution in [2.75, 3.05) is 26.8 Å². The first kappa shape index (κ1) is 16.6. The van der Waals surface area contributed by atoms with E-state index in [2.05, 4.69) is 15.3 Å². The van der Waals surface area contributed by atoms with Gasteiger partial charge in [-0.25, -0.2) is 9.78 Å². The lowest BCUT2D eigenvalue weighted by molar-refractivity contribution is 0.141. The van der Waals surface area contributed by atoms with Gasteiger partial charge in [-0.05, 0) is 31.9 Å². The van der Waals surface area contributed by atoms with Crippen molar-refractivity contribution in [3.05, 3.63) is 41.9 Å². The lowest BCUT2D eigenvalue weighted by Gasteiger charge is -2.32. The second-order valence-electron chi connectivity index (χ2n) is 6.17. The molecule has 7 nitrogen and oxygen atoms in total. The Kier molecular flexibility index (Phi) is 5.20. The topological polar surface area (TPSA) is 83.4 Å². The fourth-order valence-corrected chi connectivity index (χ4v) is 3.13. The third-order valence-electron chi connectivity index (χ3n) is 4.48. The smallest absolute Gasteiger partial charge is 0.318 e. The first-order valence-corrected chi connectivity index (χ1v) is 8.26. The number of furan rings is 1. The molecule has 24 heavy (non-hydrogen) atoms. The zero-order valence-electron chi connectivity index (χ0n) is 14.1. The van der Waals surface area contributed by atoms with Crippen LogP contribution in [0.15, 0.2) is 29.1 Å². The van der Waals surface area contributed by atoms with Crippen LogP contribution in [0, 0.1) is 6.92 Å². The largest absolute Gasteiger partial charge is 0.464 e. The molecule has 0 saturated carbocycles. The number of urea groups is 1. The predicted octanol–water partition coefficient (Wildman–Crippen LogP) is 2.59.